The van der Waals surface area contributed by atoms with Gasteiger partial charge in [0, 0.05) is 12.1 Å². The van der Waals surface area contributed by atoms with Crippen LogP contribution in [-0.2, 0) is 0 Å². The van der Waals surface area contributed by atoms with Crippen LogP contribution in [0.25, 0.3) is 11.0 Å². The number of imidazole rings is 1. The molecular formula is C16H17N5. The SMILES string of the molecule is CC(Nc1ccnc(C2CC2)n1)c1nc2ccccc2[nH]1. The average Bonchev–Trinajstić information content (AvgIpc) is 3.26. The number of aromatic amines is 1. The van der Waals surface area contributed by atoms with E-state index < -0.39 is 0 Å². The molecule has 0 bridgehead atoms. The lowest BCUT2D eigenvalue weighted by atomic mass is 10.3. The normalized spacial score (nSPS) is 16.0. The number of hydrogen-bond donors (Lipinski definition) is 2. The van der Waals surface area contributed by atoms with E-state index in [0.717, 1.165) is 28.5 Å². The van der Waals surface area contributed by atoms with Crippen LogP contribution in [0.5, 0.6) is 0 Å². The van der Waals surface area contributed by atoms with Gasteiger partial charge in [-0.1, -0.05) is 12.1 Å². The Balaban J connectivity index is 1.56. The van der Waals surface area contributed by atoms with E-state index in [1.807, 2.05) is 36.5 Å². The zero-order chi connectivity index (χ0) is 14.2. The largest absolute Gasteiger partial charge is 0.360 e. The molecule has 2 N–H and O–H groups in total. The fourth-order valence-corrected chi connectivity index (χ4v) is 2.46. The van der Waals surface area contributed by atoms with E-state index in [4.69, 9.17) is 0 Å². The molecule has 0 amide bonds. The quantitative estimate of drug-likeness (QED) is 0.768. The van der Waals surface area contributed by atoms with Crippen molar-refractivity contribution >= 4 is 16.9 Å². The van der Waals surface area contributed by atoms with Crippen LogP contribution < -0.4 is 5.32 Å². The molecule has 2 heterocycles. The van der Waals surface area contributed by atoms with Gasteiger partial charge in [-0.15, -0.1) is 0 Å². The maximum atomic E-state index is 4.62. The van der Waals surface area contributed by atoms with Crippen LogP contribution in [0.15, 0.2) is 36.5 Å². The van der Waals surface area contributed by atoms with E-state index in [0.29, 0.717) is 5.92 Å². The number of fused-ring (bicyclic) bond motifs is 1. The molecule has 4 rings (SSSR count). The standard InChI is InChI=1S/C16H17N5/c1-10(15-19-12-4-2-3-5-13(12)20-15)18-14-8-9-17-16(21-14)11-6-7-11/h2-5,8-11H,6-7H2,1H3,(H,19,20)(H,17,18,21). The van der Waals surface area contributed by atoms with Crippen LogP contribution >= 0.6 is 0 Å². The monoisotopic (exact) mass is 279 g/mol. The number of rotatable bonds is 4. The van der Waals surface area contributed by atoms with E-state index in [2.05, 4.69) is 32.2 Å². The smallest absolute Gasteiger partial charge is 0.133 e. The van der Waals surface area contributed by atoms with Crippen molar-refractivity contribution < 1.29 is 0 Å². The van der Waals surface area contributed by atoms with Gasteiger partial charge in [0.25, 0.3) is 0 Å². The maximum Gasteiger partial charge on any atom is 0.133 e. The number of para-hydroxylation sites is 2. The minimum absolute atomic E-state index is 0.0688. The maximum absolute atomic E-state index is 4.62. The van der Waals surface area contributed by atoms with Crippen molar-refractivity contribution in [2.24, 2.45) is 0 Å². The molecule has 5 heteroatoms. The lowest BCUT2D eigenvalue weighted by Gasteiger charge is -2.12. The molecule has 1 saturated carbocycles. The van der Waals surface area contributed by atoms with Crippen molar-refractivity contribution in [2.75, 3.05) is 5.32 Å². The zero-order valence-electron chi connectivity index (χ0n) is 11.9. The van der Waals surface area contributed by atoms with Gasteiger partial charge in [0.2, 0.25) is 0 Å². The third-order valence-electron chi connectivity index (χ3n) is 3.80. The van der Waals surface area contributed by atoms with Crippen LogP contribution in [-0.4, -0.2) is 19.9 Å². The summed E-state index contributed by atoms with van der Waals surface area (Å²) in [6, 6.07) is 10.0. The van der Waals surface area contributed by atoms with Crippen molar-refractivity contribution in [2.45, 2.75) is 31.7 Å². The first kappa shape index (κ1) is 12.3. The topological polar surface area (TPSA) is 66.5 Å². The number of H-pyrrole nitrogens is 1. The number of nitrogens with one attached hydrogen (secondary N) is 2. The van der Waals surface area contributed by atoms with Crippen LogP contribution in [0.3, 0.4) is 0 Å². The lowest BCUT2D eigenvalue weighted by molar-refractivity contribution is 0.801. The van der Waals surface area contributed by atoms with Crippen molar-refractivity contribution in [3.8, 4) is 0 Å². The number of benzene rings is 1. The minimum Gasteiger partial charge on any atom is -0.360 e. The molecule has 1 unspecified atom stereocenters. The second-order valence-corrected chi connectivity index (χ2v) is 5.58. The van der Waals surface area contributed by atoms with Crippen LogP contribution in [0.4, 0.5) is 5.82 Å². The van der Waals surface area contributed by atoms with Gasteiger partial charge in [-0.25, -0.2) is 15.0 Å². The second kappa shape index (κ2) is 4.84. The van der Waals surface area contributed by atoms with Crippen LogP contribution in [0.1, 0.15) is 43.4 Å². The summed E-state index contributed by atoms with van der Waals surface area (Å²) in [5.41, 5.74) is 2.05. The molecule has 0 aliphatic heterocycles. The molecular weight excluding hydrogens is 262 g/mol. The predicted molar refractivity (Wildman–Crippen MR) is 82.1 cm³/mol. The van der Waals surface area contributed by atoms with E-state index >= 15 is 0 Å². The lowest BCUT2D eigenvalue weighted by Crippen LogP contribution is -2.10. The minimum atomic E-state index is 0.0688. The molecule has 1 atom stereocenters. The van der Waals surface area contributed by atoms with Crippen molar-refractivity contribution in [1.82, 2.24) is 19.9 Å². The van der Waals surface area contributed by atoms with Crippen molar-refractivity contribution in [1.29, 1.82) is 0 Å². The van der Waals surface area contributed by atoms with Gasteiger partial charge in [-0.05, 0) is 38.0 Å². The molecule has 0 radical (unpaired) electrons. The van der Waals surface area contributed by atoms with E-state index in [-0.39, 0.29) is 6.04 Å². The third kappa shape index (κ3) is 2.46. The molecule has 0 spiro atoms. The van der Waals surface area contributed by atoms with Gasteiger partial charge < -0.3 is 10.3 Å². The molecule has 1 aliphatic rings. The number of anilines is 1. The summed E-state index contributed by atoms with van der Waals surface area (Å²) in [4.78, 5) is 16.9. The Bertz CT molecular complexity index is 742. The predicted octanol–water partition coefficient (Wildman–Crippen LogP) is 3.40. The van der Waals surface area contributed by atoms with E-state index in [1.165, 1.54) is 12.8 Å². The Kier molecular flexibility index (Phi) is 2.84. The second-order valence-electron chi connectivity index (χ2n) is 5.58. The fraction of sp³-hybridized carbons (Fsp3) is 0.312. The molecule has 1 aliphatic carbocycles. The first-order valence-electron chi connectivity index (χ1n) is 7.34. The highest BCUT2D eigenvalue weighted by Gasteiger charge is 2.26. The average molecular weight is 279 g/mol. The van der Waals surface area contributed by atoms with E-state index in [1.54, 1.807) is 0 Å². The highest BCUT2D eigenvalue weighted by atomic mass is 15.1. The van der Waals surface area contributed by atoms with Gasteiger partial charge in [0.1, 0.15) is 17.5 Å². The van der Waals surface area contributed by atoms with Gasteiger partial charge in [0.15, 0.2) is 0 Å². The van der Waals surface area contributed by atoms with Crippen LogP contribution in [0.2, 0.25) is 0 Å². The molecule has 21 heavy (non-hydrogen) atoms. The molecule has 5 nitrogen and oxygen atoms in total. The molecule has 0 saturated heterocycles. The number of hydrogen-bond acceptors (Lipinski definition) is 4. The molecule has 3 aromatic rings. The Labute approximate surface area is 122 Å². The van der Waals surface area contributed by atoms with Gasteiger partial charge in [-0.2, -0.15) is 0 Å². The number of nitrogens with zero attached hydrogens (tertiary/aromatic N) is 3. The summed E-state index contributed by atoms with van der Waals surface area (Å²) in [5, 5.41) is 3.40. The summed E-state index contributed by atoms with van der Waals surface area (Å²) < 4.78 is 0. The number of aromatic nitrogens is 4. The Hall–Kier alpha value is -2.43. The summed E-state index contributed by atoms with van der Waals surface area (Å²) in [6.45, 7) is 2.08. The summed E-state index contributed by atoms with van der Waals surface area (Å²) >= 11 is 0. The van der Waals surface area contributed by atoms with Gasteiger partial charge >= 0.3 is 0 Å². The highest BCUT2D eigenvalue weighted by molar-refractivity contribution is 5.74. The van der Waals surface area contributed by atoms with Crippen molar-refractivity contribution in [3.05, 3.63) is 48.2 Å². The first-order chi connectivity index (χ1) is 10.3. The Morgan fingerprint density at radius 3 is 2.86 bits per heavy atom. The molecule has 2 aromatic heterocycles. The highest BCUT2D eigenvalue weighted by Crippen LogP contribution is 2.38. The van der Waals surface area contributed by atoms with Crippen molar-refractivity contribution in [3.63, 3.8) is 0 Å². The molecule has 106 valence electrons. The van der Waals surface area contributed by atoms with Gasteiger partial charge in [-0.3, -0.25) is 0 Å². The zero-order valence-corrected chi connectivity index (χ0v) is 11.9. The Morgan fingerprint density at radius 1 is 1.19 bits per heavy atom. The Morgan fingerprint density at radius 2 is 2.05 bits per heavy atom. The summed E-state index contributed by atoms with van der Waals surface area (Å²) in [7, 11) is 0. The van der Waals surface area contributed by atoms with Gasteiger partial charge in [0.05, 0.1) is 17.1 Å². The fourth-order valence-electron chi connectivity index (χ4n) is 2.46. The van der Waals surface area contributed by atoms with Crippen LogP contribution in [0, 0.1) is 0 Å². The molecule has 1 aromatic carbocycles. The molecule has 1 fully saturated rings. The summed E-state index contributed by atoms with van der Waals surface area (Å²) in [6.07, 6.45) is 4.25. The third-order valence-corrected chi connectivity index (χ3v) is 3.80. The summed E-state index contributed by atoms with van der Waals surface area (Å²) in [5.74, 6) is 3.30. The first-order valence-corrected chi connectivity index (χ1v) is 7.34. The van der Waals surface area contributed by atoms with E-state index in [9.17, 15) is 0 Å².